The standard InChI is InChI=1S/C27H25N3O6/c1-19-13-15-21(16-14-19)30-20(2)17-24(28-30)25(31)18-29(26(32)34-22-9-5-3-6-10-22)36-27(33)35-23-11-7-4-8-12-23/h3-17,25,31H,18H2,1-2H3. The van der Waals surface area contributed by atoms with E-state index < -0.39 is 24.9 Å². The number of hydrogen-bond acceptors (Lipinski definition) is 7. The van der Waals surface area contributed by atoms with Crippen molar-refractivity contribution in [1.29, 1.82) is 0 Å². The van der Waals surface area contributed by atoms with Crippen LogP contribution in [0, 0.1) is 13.8 Å². The first kappa shape index (κ1) is 24.5. The molecule has 1 amide bonds. The minimum atomic E-state index is -1.29. The van der Waals surface area contributed by atoms with Crippen molar-refractivity contribution in [2.75, 3.05) is 6.54 Å². The normalized spacial score (nSPS) is 11.4. The van der Waals surface area contributed by atoms with E-state index in [2.05, 4.69) is 5.10 Å². The molecule has 1 atom stereocenters. The van der Waals surface area contributed by atoms with Crippen LogP contribution in [0.2, 0.25) is 0 Å². The number of benzene rings is 3. The van der Waals surface area contributed by atoms with Crippen LogP contribution in [0.1, 0.15) is 23.1 Å². The Balaban J connectivity index is 1.51. The van der Waals surface area contributed by atoms with Crippen molar-refractivity contribution >= 4 is 12.2 Å². The summed E-state index contributed by atoms with van der Waals surface area (Å²) in [5.74, 6) is 0.466. The van der Waals surface area contributed by atoms with Crippen LogP contribution in [0.5, 0.6) is 11.5 Å². The van der Waals surface area contributed by atoms with E-state index in [1.807, 2.05) is 38.1 Å². The van der Waals surface area contributed by atoms with E-state index in [9.17, 15) is 14.7 Å². The highest BCUT2D eigenvalue weighted by molar-refractivity contribution is 5.72. The quantitative estimate of drug-likeness (QED) is 0.228. The first-order valence-electron chi connectivity index (χ1n) is 11.2. The molecule has 0 spiro atoms. The van der Waals surface area contributed by atoms with E-state index in [-0.39, 0.29) is 17.2 Å². The summed E-state index contributed by atoms with van der Waals surface area (Å²) in [5, 5.41) is 15.9. The van der Waals surface area contributed by atoms with Gasteiger partial charge in [-0.25, -0.2) is 14.3 Å². The third-order valence-electron chi connectivity index (χ3n) is 5.15. The summed E-state index contributed by atoms with van der Waals surface area (Å²) < 4.78 is 12.1. The number of rotatable bonds is 6. The number of para-hydroxylation sites is 2. The SMILES string of the molecule is Cc1ccc(-n2nc(C(O)CN(OC(=O)Oc3ccccc3)C(=O)Oc3ccccc3)cc2C)cc1. The zero-order chi connectivity index (χ0) is 25.5. The maximum absolute atomic E-state index is 12.8. The van der Waals surface area contributed by atoms with Crippen LogP contribution in [0.15, 0.2) is 91.0 Å². The van der Waals surface area contributed by atoms with Crippen LogP contribution >= 0.6 is 0 Å². The van der Waals surface area contributed by atoms with Gasteiger partial charge >= 0.3 is 12.2 Å². The summed E-state index contributed by atoms with van der Waals surface area (Å²) in [4.78, 5) is 30.3. The van der Waals surface area contributed by atoms with Gasteiger partial charge in [0.15, 0.2) is 0 Å². The molecule has 9 heteroatoms. The Morgan fingerprint density at radius 1 is 0.889 bits per heavy atom. The van der Waals surface area contributed by atoms with Crippen LogP contribution in [0.3, 0.4) is 0 Å². The van der Waals surface area contributed by atoms with Crippen molar-refractivity contribution in [2.24, 2.45) is 0 Å². The minimum absolute atomic E-state index is 0.229. The third-order valence-corrected chi connectivity index (χ3v) is 5.15. The molecule has 0 aliphatic carbocycles. The van der Waals surface area contributed by atoms with Crippen molar-refractivity contribution in [3.05, 3.63) is 108 Å². The van der Waals surface area contributed by atoms with Gasteiger partial charge in [-0.2, -0.15) is 5.10 Å². The predicted octanol–water partition coefficient (Wildman–Crippen LogP) is 5.15. The number of hydroxylamine groups is 2. The second-order valence-corrected chi connectivity index (χ2v) is 7.97. The van der Waals surface area contributed by atoms with Crippen LogP contribution in [0.25, 0.3) is 5.69 Å². The molecule has 1 unspecified atom stereocenters. The van der Waals surface area contributed by atoms with Crippen LogP contribution in [-0.2, 0) is 4.84 Å². The molecular weight excluding hydrogens is 462 g/mol. The fourth-order valence-corrected chi connectivity index (χ4v) is 3.34. The maximum Gasteiger partial charge on any atom is 0.539 e. The molecule has 1 heterocycles. The van der Waals surface area contributed by atoms with Gasteiger partial charge < -0.3 is 14.6 Å². The lowest BCUT2D eigenvalue weighted by molar-refractivity contribution is -0.107. The first-order valence-corrected chi connectivity index (χ1v) is 11.2. The first-order chi connectivity index (χ1) is 17.4. The molecule has 1 N–H and O–H groups in total. The zero-order valence-corrected chi connectivity index (χ0v) is 19.8. The molecule has 0 bridgehead atoms. The number of aliphatic hydroxyl groups excluding tert-OH is 1. The lowest BCUT2D eigenvalue weighted by atomic mass is 10.2. The van der Waals surface area contributed by atoms with E-state index in [0.29, 0.717) is 5.06 Å². The van der Waals surface area contributed by atoms with Crippen molar-refractivity contribution in [3.63, 3.8) is 0 Å². The minimum Gasteiger partial charge on any atom is -0.408 e. The smallest absolute Gasteiger partial charge is 0.408 e. The van der Waals surface area contributed by atoms with Crippen molar-refractivity contribution in [1.82, 2.24) is 14.8 Å². The molecule has 184 valence electrons. The monoisotopic (exact) mass is 487 g/mol. The van der Waals surface area contributed by atoms with Crippen molar-refractivity contribution < 1.29 is 29.0 Å². The average Bonchev–Trinajstić information content (AvgIpc) is 3.27. The molecule has 0 saturated carbocycles. The summed E-state index contributed by atoms with van der Waals surface area (Å²) >= 11 is 0. The molecule has 0 saturated heterocycles. The number of hydrogen-bond donors (Lipinski definition) is 1. The summed E-state index contributed by atoms with van der Waals surface area (Å²) in [6, 6.07) is 26.0. The van der Waals surface area contributed by atoms with Gasteiger partial charge in [0.2, 0.25) is 0 Å². The number of ether oxygens (including phenoxy) is 2. The van der Waals surface area contributed by atoms with Gasteiger partial charge in [-0.3, -0.25) is 4.84 Å². The Morgan fingerprint density at radius 3 is 2.08 bits per heavy atom. The molecule has 0 aliphatic heterocycles. The molecule has 9 nitrogen and oxygen atoms in total. The molecule has 36 heavy (non-hydrogen) atoms. The molecule has 4 aromatic rings. The molecule has 0 aliphatic rings. The summed E-state index contributed by atoms with van der Waals surface area (Å²) in [6.07, 6.45) is -3.47. The average molecular weight is 488 g/mol. The number of carbonyl (C=O) groups is 2. The molecule has 0 radical (unpaired) electrons. The van der Waals surface area contributed by atoms with Gasteiger partial charge in [0, 0.05) is 5.69 Å². The summed E-state index contributed by atoms with van der Waals surface area (Å²) in [5.41, 5.74) is 2.98. The second kappa shape index (κ2) is 11.2. The van der Waals surface area contributed by atoms with Crippen molar-refractivity contribution in [2.45, 2.75) is 20.0 Å². The summed E-state index contributed by atoms with van der Waals surface area (Å²) in [7, 11) is 0. The molecule has 1 aromatic heterocycles. The largest absolute Gasteiger partial charge is 0.539 e. The number of aliphatic hydroxyl groups is 1. The van der Waals surface area contributed by atoms with Crippen LogP contribution in [-0.4, -0.2) is 38.7 Å². The van der Waals surface area contributed by atoms with E-state index in [4.69, 9.17) is 14.3 Å². The van der Waals surface area contributed by atoms with Gasteiger partial charge in [-0.1, -0.05) is 54.1 Å². The van der Waals surface area contributed by atoms with Gasteiger partial charge in [-0.15, -0.1) is 5.06 Å². The fourth-order valence-electron chi connectivity index (χ4n) is 3.34. The molecule has 4 rings (SSSR count). The highest BCUT2D eigenvalue weighted by Crippen LogP contribution is 2.20. The Morgan fingerprint density at radius 2 is 1.47 bits per heavy atom. The Hall–Kier alpha value is -4.63. The van der Waals surface area contributed by atoms with Gasteiger partial charge in [0.05, 0.1) is 17.9 Å². The second-order valence-electron chi connectivity index (χ2n) is 7.97. The highest BCUT2D eigenvalue weighted by Gasteiger charge is 2.27. The number of amides is 1. The maximum atomic E-state index is 12.8. The lowest BCUT2D eigenvalue weighted by Crippen LogP contribution is -2.39. The van der Waals surface area contributed by atoms with Crippen LogP contribution in [0.4, 0.5) is 9.59 Å². The number of carbonyl (C=O) groups excluding carboxylic acids is 2. The van der Waals surface area contributed by atoms with E-state index in [0.717, 1.165) is 16.9 Å². The molecule has 0 fully saturated rings. The number of nitrogens with zero attached hydrogens (tertiary/aromatic N) is 3. The van der Waals surface area contributed by atoms with E-state index in [1.54, 1.807) is 71.4 Å². The van der Waals surface area contributed by atoms with E-state index in [1.165, 1.54) is 0 Å². The van der Waals surface area contributed by atoms with Crippen LogP contribution < -0.4 is 9.47 Å². The Labute approximate surface area is 208 Å². The third kappa shape index (κ3) is 6.28. The zero-order valence-electron chi connectivity index (χ0n) is 19.8. The molecular formula is C27H25N3O6. The van der Waals surface area contributed by atoms with Gasteiger partial charge in [-0.05, 0) is 56.3 Å². The predicted molar refractivity (Wildman–Crippen MR) is 131 cm³/mol. The number of aryl methyl sites for hydroxylation is 2. The molecule has 3 aromatic carbocycles. The summed E-state index contributed by atoms with van der Waals surface area (Å²) in [6.45, 7) is 3.39. The van der Waals surface area contributed by atoms with Crippen molar-refractivity contribution in [3.8, 4) is 17.2 Å². The highest BCUT2D eigenvalue weighted by atomic mass is 16.8. The Bertz CT molecular complexity index is 1310. The fraction of sp³-hybridized carbons (Fsp3) is 0.148. The van der Waals surface area contributed by atoms with E-state index >= 15 is 0 Å². The topological polar surface area (TPSA) is 103 Å². The van der Waals surface area contributed by atoms with Gasteiger partial charge in [0.25, 0.3) is 0 Å². The van der Waals surface area contributed by atoms with Gasteiger partial charge in [0.1, 0.15) is 17.6 Å². The lowest BCUT2D eigenvalue weighted by Gasteiger charge is -2.22. The number of aromatic nitrogens is 2. The Kier molecular flexibility index (Phi) is 7.62.